The zero-order chi connectivity index (χ0) is 24.4. The number of methoxy groups -OCH3 is 2. The molecule has 0 bridgehead atoms. The number of amides is 1. The molecule has 10 heteroatoms. The van der Waals surface area contributed by atoms with Crippen LogP contribution >= 0.6 is 23.4 Å². The molecule has 178 valence electrons. The Labute approximate surface area is 206 Å². The van der Waals surface area contributed by atoms with E-state index >= 15 is 0 Å². The van der Waals surface area contributed by atoms with Gasteiger partial charge in [0, 0.05) is 11.6 Å². The first kappa shape index (κ1) is 24.0. The molecule has 8 nitrogen and oxygen atoms in total. The number of fused-ring (bicyclic) bond motifs is 1. The van der Waals surface area contributed by atoms with Crippen LogP contribution in [-0.2, 0) is 11.2 Å². The zero-order valence-electron chi connectivity index (χ0n) is 18.9. The Morgan fingerprint density at radius 1 is 1.18 bits per heavy atom. The van der Waals surface area contributed by atoms with E-state index in [-0.39, 0.29) is 22.9 Å². The van der Waals surface area contributed by atoms with Gasteiger partial charge in [-0.1, -0.05) is 23.4 Å². The molecule has 1 N–H and O–H groups in total. The van der Waals surface area contributed by atoms with Crippen molar-refractivity contribution in [3.8, 4) is 23.1 Å². The summed E-state index contributed by atoms with van der Waals surface area (Å²) in [5.74, 6) is 0.840. The maximum Gasteiger partial charge on any atom is 0.262 e. The number of hydrogen-bond acceptors (Lipinski definition) is 7. The van der Waals surface area contributed by atoms with Gasteiger partial charge in [-0.25, -0.2) is 0 Å². The molecular formula is C24H24ClN3O5S. The number of carbonyl (C=O) groups excluding carboxylic acids is 1. The highest BCUT2D eigenvalue weighted by atomic mass is 35.5. The second-order valence-electron chi connectivity index (χ2n) is 7.75. The molecule has 1 aliphatic heterocycles. The van der Waals surface area contributed by atoms with Gasteiger partial charge in [0.2, 0.25) is 11.8 Å². The summed E-state index contributed by atoms with van der Waals surface area (Å²) in [7, 11) is 3.18. The van der Waals surface area contributed by atoms with Gasteiger partial charge >= 0.3 is 0 Å². The van der Waals surface area contributed by atoms with Gasteiger partial charge < -0.3 is 19.5 Å². The number of thioether (sulfide) groups is 1. The van der Waals surface area contributed by atoms with Crippen molar-refractivity contribution in [3.63, 3.8) is 0 Å². The fourth-order valence-electron chi connectivity index (χ4n) is 4.07. The molecule has 3 aromatic rings. The molecule has 1 atom stereocenters. The van der Waals surface area contributed by atoms with Gasteiger partial charge in [-0.15, -0.1) is 0 Å². The number of benzene rings is 2. The smallest absolute Gasteiger partial charge is 0.262 e. The molecule has 0 fully saturated rings. The molecule has 1 aliphatic rings. The monoisotopic (exact) mass is 501 g/mol. The number of nitrogens with zero attached hydrogens (tertiary/aromatic N) is 3. The average Bonchev–Trinajstić information content (AvgIpc) is 2.82. The van der Waals surface area contributed by atoms with Crippen molar-refractivity contribution in [2.45, 2.75) is 24.5 Å². The molecule has 0 saturated carbocycles. The predicted molar refractivity (Wildman–Crippen MR) is 131 cm³/mol. The molecule has 34 heavy (non-hydrogen) atoms. The van der Waals surface area contributed by atoms with Crippen LogP contribution in [0.15, 0.2) is 52.4 Å². The van der Waals surface area contributed by atoms with E-state index in [1.54, 1.807) is 43.4 Å². The highest BCUT2D eigenvalue weighted by Crippen LogP contribution is 2.38. The minimum atomic E-state index is -0.453. The van der Waals surface area contributed by atoms with Crippen LogP contribution in [0, 0.1) is 0 Å². The summed E-state index contributed by atoms with van der Waals surface area (Å²) in [4.78, 5) is 31.7. The van der Waals surface area contributed by atoms with Crippen LogP contribution in [0.25, 0.3) is 5.69 Å². The predicted octanol–water partition coefficient (Wildman–Crippen LogP) is 3.85. The lowest BCUT2D eigenvalue weighted by atomic mass is 9.93. The number of aromatic hydroxyl groups is 1. The van der Waals surface area contributed by atoms with Crippen molar-refractivity contribution in [2.24, 2.45) is 0 Å². The topological polar surface area (TPSA) is 93.9 Å². The van der Waals surface area contributed by atoms with Crippen LogP contribution in [0.1, 0.15) is 24.1 Å². The van der Waals surface area contributed by atoms with E-state index < -0.39 is 11.4 Å². The maximum absolute atomic E-state index is 13.2. The number of carbonyl (C=O) groups is 1. The summed E-state index contributed by atoms with van der Waals surface area (Å²) < 4.78 is 12.2. The minimum absolute atomic E-state index is 0.0520. The molecule has 0 spiro atoms. The Morgan fingerprint density at radius 2 is 1.85 bits per heavy atom. The van der Waals surface area contributed by atoms with Gasteiger partial charge in [0.05, 0.1) is 37.8 Å². The molecule has 4 rings (SSSR count). The fourth-order valence-corrected chi connectivity index (χ4v) is 5.10. The standard InChI is InChI=1S/C24H24ClN3O5S/c1-14-18-11-20(33-3)19(32-2)10-15(18)8-9-27(14)23(31)13-34-24-26-21(29)12-22(30)28(24)17-6-4-16(25)5-7-17/h4-7,10-12,14,29H,8-9,13H2,1-3H3. The van der Waals surface area contributed by atoms with Crippen LogP contribution < -0.4 is 15.0 Å². The van der Waals surface area contributed by atoms with E-state index in [1.165, 1.54) is 4.57 Å². The zero-order valence-corrected chi connectivity index (χ0v) is 20.5. The molecule has 0 radical (unpaired) electrons. The van der Waals surface area contributed by atoms with Crippen molar-refractivity contribution < 1.29 is 19.4 Å². The molecule has 0 saturated heterocycles. The summed E-state index contributed by atoms with van der Waals surface area (Å²) >= 11 is 7.06. The van der Waals surface area contributed by atoms with Crippen LogP contribution in [0.3, 0.4) is 0 Å². The summed E-state index contributed by atoms with van der Waals surface area (Å²) in [6.45, 7) is 2.53. The molecule has 1 amide bonds. The number of halogens is 1. The second kappa shape index (κ2) is 9.99. The van der Waals surface area contributed by atoms with Crippen LogP contribution in [0.5, 0.6) is 17.4 Å². The SMILES string of the molecule is COc1cc2c(cc1OC)C(C)N(C(=O)CSc1nc(O)cc(=O)n1-c1ccc(Cl)cc1)CC2. The second-order valence-corrected chi connectivity index (χ2v) is 9.13. The van der Waals surface area contributed by atoms with Gasteiger partial charge in [0.25, 0.3) is 5.56 Å². The largest absolute Gasteiger partial charge is 0.493 e. The van der Waals surface area contributed by atoms with Crippen molar-refractivity contribution in [2.75, 3.05) is 26.5 Å². The summed E-state index contributed by atoms with van der Waals surface area (Å²) in [6.07, 6.45) is 0.691. The average molecular weight is 502 g/mol. The highest BCUT2D eigenvalue weighted by Gasteiger charge is 2.29. The number of aromatic nitrogens is 2. The lowest BCUT2D eigenvalue weighted by molar-refractivity contribution is -0.130. The van der Waals surface area contributed by atoms with Gasteiger partial charge in [0.1, 0.15) is 0 Å². The summed E-state index contributed by atoms with van der Waals surface area (Å²) in [5, 5.41) is 10.6. The molecular weight excluding hydrogens is 478 g/mol. The third-order valence-electron chi connectivity index (χ3n) is 5.79. The first-order chi connectivity index (χ1) is 16.3. The maximum atomic E-state index is 13.2. The number of hydrogen-bond donors (Lipinski definition) is 1. The third-order valence-corrected chi connectivity index (χ3v) is 6.96. The van der Waals surface area contributed by atoms with Crippen LogP contribution in [0.2, 0.25) is 5.02 Å². The summed E-state index contributed by atoms with van der Waals surface area (Å²) in [5.41, 5.74) is 2.22. The van der Waals surface area contributed by atoms with E-state index in [1.807, 2.05) is 19.1 Å². The van der Waals surface area contributed by atoms with Gasteiger partial charge in [-0.05, 0) is 60.9 Å². The Balaban J connectivity index is 1.56. The molecule has 2 heterocycles. The van der Waals surface area contributed by atoms with E-state index in [4.69, 9.17) is 21.1 Å². The Hall–Kier alpha value is -3.17. The van der Waals surface area contributed by atoms with E-state index in [0.717, 1.165) is 29.0 Å². The van der Waals surface area contributed by atoms with Crippen LogP contribution in [0.4, 0.5) is 0 Å². The Kier molecular flexibility index (Phi) is 7.04. The third kappa shape index (κ3) is 4.71. The minimum Gasteiger partial charge on any atom is -0.493 e. The first-order valence-corrected chi connectivity index (χ1v) is 11.9. The van der Waals surface area contributed by atoms with E-state index in [0.29, 0.717) is 35.2 Å². The summed E-state index contributed by atoms with van der Waals surface area (Å²) in [6, 6.07) is 11.4. The van der Waals surface area contributed by atoms with Crippen molar-refractivity contribution >= 4 is 29.3 Å². The molecule has 0 aliphatic carbocycles. The van der Waals surface area contributed by atoms with E-state index in [9.17, 15) is 14.7 Å². The molecule has 2 aromatic carbocycles. The lowest BCUT2D eigenvalue weighted by Gasteiger charge is -2.35. The van der Waals surface area contributed by atoms with Crippen molar-refractivity contribution in [1.82, 2.24) is 14.5 Å². The van der Waals surface area contributed by atoms with Crippen LogP contribution in [-0.4, -0.2) is 52.0 Å². The van der Waals surface area contributed by atoms with Crippen molar-refractivity contribution in [1.29, 1.82) is 0 Å². The molecule has 1 aromatic heterocycles. The number of ether oxygens (including phenoxy) is 2. The fraction of sp³-hybridized carbons (Fsp3) is 0.292. The molecule has 1 unspecified atom stereocenters. The first-order valence-electron chi connectivity index (χ1n) is 10.6. The van der Waals surface area contributed by atoms with E-state index in [2.05, 4.69) is 4.98 Å². The Bertz CT molecular complexity index is 1280. The Morgan fingerprint density at radius 3 is 2.53 bits per heavy atom. The quantitative estimate of drug-likeness (QED) is 0.405. The normalized spacial score (nSPS) is 15.1. The van der Waals surface area contributed by atoms with Crippen molar-refractivity contribution in [3.05, 3.63) is 69.0 Å². The lowest BCUT2D eigenvalue weighted by Crippen LogP contribution is -2.40. The van der Waals surface area contributed by atoms with Gasteiger partial charge in [-0.2, -0.15) is 4.98 Å². The highest BCUT2D eigenvalue weighted by molar-refractivity contribution is 7.99. The number of rotatable bonds is 6. The van der Waals surface area contributed by atoms with Gasteiger partial charge in [0.15, 0.2) is 16.7 Å². The van der Waals surface area contributed by atoms with Gasteiger partial charge in [-0.3, -0.25) is 14.2 Å².